The Kier molecular flexibility index (Phi) is 5.97. The first-order valence-corrected chi connectivity index (χ1v) is 8.15. The summed E-state index contributed by atoms with van der Waals surface area (Å²) in [6.07, 6.45) is 0.534. The molecule has 0 aromatic carbocycles. The van der Waals surface area contributed by atoms with Crippen molar-refractivity contribution in [1.82, 2.24) is 0 Å². The average Bonchev–Trinajstić information content (AvgIpc) is 1.83. The molecule has 0 fully saturated rings. The number of rotatable bonds is 3. The Bertz CT molecular complexity index is 94.0. The van der Waals surface area contributed by atoms with Crippen LogP contribution in [0.4, 0.5) is 0 Å². The standard InChI is InChI=1S/C4H7O2.S.Sn/c1-3-4(5)6-2;;/h1,3H2,2H3;;. The molecule has 8 heavy (non-hydrogen) atoms. The van der Waals surface area contributed by atoms with Crippen LogP contribution in [0.1, 0.15) is 6.42 Å². The topological polar surface area (TPSA) is 26.3 Å². The number of hydrogen-bond donors (Lipinski definition) is 0. The zero-order chi connectivity index (χ0) is 6.41. The Labute approximate surface area is 62.0 Å². The summed E-state index contributed by atoms with van der Waals surface area (Å²) in [4.78, 5) is 10.3. The van der Waals surface area contributed by atoms with Gasteiger partial charge < -0.3 is 0 Å². The maximum atomic E-state index is 10.3. The van der Waals surface area contributed by atoms with Crippen molar-refractivity contribution >= 4 is 34.5 Å². The van der Waals surface area contributed by atoms with Gasteiger partial charge in [0, 0.05) is 0 Å². The SMILES string of the molecule is COC(=O)C[CH2][Sn]=[S]. The van der Waals surface area contributed by atoms with Crippen LogP contribution < -0.4 is 0 Å². The van der Waals surface area contributed by atoms with E-state index in [2.05, 4.69) is 4.74 Å². The molecule has 0 aliphatic carbocycles. The van der Waals surface area contributed by atoms with Gasteiger partial charge in [-0.1, -0.05) is 0 Å². The molecule has 4 heteroatoms. The van der Waals surface area contributed by atoms with Gasteiger partial charge in [-0.2, -0.15) is 0 Å². The Morgan fingerprint density at radius 2 is 2.50 bits per heavy atom. The number of carbonyl (C=O) groups is 1. The molecule has 0 amide bonds. The predicted molar refractivity (Wildman–Crippen MR) is 34.8 cm³/mol. The number of hydrogen-bond acceptors (Lipinski definition) is 3. The van der Waals surface area contributed by atoms with E-state index in [4.69, 9.17) is 9.29 Å². The second kappa shape index (κ2) is 5.62. The molecule has 0 saturated carbocycles. The fourth-order valence-corrected chi connectivity index (χ4v) is 1.81. The first kappa shape index (κ1) is 8.49. The first-order valence-electron chi connectivity index (χ1n) is 2.23. The van der Waals surface area contributed by atoms with Crippen LogP contribution in [0.2, 0.25) is 4.44 Å². The summed E-state index contributed by atoms with van der Waals surface area (Å²) in [6, 6.07) is 0. The van der Waals surface area contributed by atoms with Crippen LogP contribution >= 0.6 is 9.29 Å². The quantitative estimate of drug-likeness (QED) is 0.536. The molecule has 0 aromatic heterocycles. The van der Waals surface area contributed by atoms with Crippen molar-refractivity contribution in [2.75, 3.05) is 7.11 Å². The van der Waals surface area contributed by atoms with Gasteiger partial charge in [-0.05, 0) is 0 Å². The summed E-state index contributed by atoms with van der Waals surface area (Å²) in [7, 11) is 6.18. The molecular formula is C4H7O2SSn. The molecule has 0 aliphatic heterocycles. The van der Waals surface area contributed by atoms with Crippen molar-refractivity contribution in [1.29, 1.82) is 0 Å². The van der Waals surface area contributed by atoms with Crippen LogP contribution in [-0.4, -0.2) is 32.3 Å². The zero-order valence-corrected chi connectivity index (χ0v) is 8.31. The molecule has 0 bridgehead atoms. The van der Waals surface area contributed by atoms with E-state index in [9.17, 15) is 4.79 Å². The van der Waals surface area contributed by atoms with E-state index in [0.717, 1.165) is 4.44 Å². The van der Waals surface area contributed by atoms with E-state index in [1.807, 2.05) is 0 Å². The monoisotopic (exact) mass is 239 g/mol. The van der Waals surface area contributed by atoms with Crippen LogP contribution in [-0.2, 0) is 9.53 Å². The van der Waals surface area contributed by atoms with E-state index in [0.29, 0.717) is 6.42 Å². The third kappa shape index (κ3) is 4.64. The minimum atomic E-state index is -0.577. The van der Waals surface area contributed by atoms with E-state index < -0.39 is 19.2 Å². The van der Waals surface area contributed by atoms with E-state index >= 15 is 0 Å². The predicted octanol–water partition coefficient (Wildman–Crippen LogP) is 0.784. The van der Waals surface area contributed by atoms with Crippen LogP contribution in [0.5, 0.6) is 0 Å². The molecule has 0 heterocycles. The van der Waals surface area contributed by atoms with E-state index in [1.54, 1.807) is 0 Å². The molecule has 0 N–H and O–H groups in total. The van der Waals surface area contributed by atoms with Crippen molar-refractivity contribution < 1.29 is 9.53 Å². The molecule has 0 rings (SSSR count). The summed E-state index contributed by atoms with van der Waals surface area (Å²) >= 11 is -0.577. The molecule has 0 aliphatic rings. The van der Waals surface area contributed by atoms with Gasteiger partial charge in [-0.3, -0.25) is 0 Å². The van der Waals surface area contributed by atoms with Crippen molar-refractivity contribution in [3.63, 3.8) is 0 Å². The third-order valence-electron chi connectivity index (χ3n) is 0.659. The molecule has 1 radical (unpaired) electrons. The van der Waals surface area contributed by atoms with Crippen LogP contribution in [0, 0.1) is 0 Å². The zero-order valence-electron chi connectivity index (χ0n) is 4.64. The van der Waals surface area contributed by atoms with Crippen molar-refractivity contribution in [3.8, 4) is 0 Å². The van der Waals surface area contributed by atoms with Crippen LogP contribution in [0.3, 0.4) is 0 Å². The van der Waals surface area contributed by atoms with Gasteiger partial charge in [0.1, 0.15) is 0 Å². The molecule has 2 nitrogen and oxygen atoms in total. The number of ether oxygens (including phenoxy) is 1. The molecule has 0 unspecified atom stereocenters. The second-order valence-electron chi connectivity index (χ2n) is 1.22. The van der Waals surface area contributed by atoms with Gasteiger partial charge in [-0.15, -0.1) is 0 Å². The average molecular weight is 238 g/mol. The second-order valence-corrected chi connectivity index (χ2v) is 5.41. The van der Waals surface area contributed by atoms with E-state index in [-0.39, 0.29) is 5.97 Å². The Balaban J connectivity index is 3.11. The summed E-state index contributed by atoms with van der Waals surface area (Å²) in [5.41, 5.74) is 0. The third-order valence-corrected chi connectivity index (χ3v) is 3.32. The Morgan fingerprint density at radius 3 is 2.88 bits per heavy atom. The minimum absolute atomic E-state index is 0.129. The van der Waals surface area contributed by atoms with Gasteiger partial charge in [0.05, 0.1) is 0 Å². The van der Waals surface area contributed by atoms with Crippen molar-refractivity contribution in [3.05, 3.63) is 0 Å². The molecule has 0 aromatic rings. The molecule has 0 spiro atoms. The summed E-state index contributed by atoms with van der Waals surface area (Å²) in [5.74, 6) is -0.129. The number of esters is 1. The van der Waals surface area contributed by atoms with Crippen LogP contribution in [0.15, 0.2) is 0 Å². The molecule has 0 atom stereocenters. The number of carbonyl (C=O) groups excluding carboxylic acids is 1. The normalized spacial score (nSPS) is 8.12. The van der Waals surface area contributed by atoms with Crippen LogP contribution in [0.25, 0.3) is 0 Å². The van der Waals surface area contributed by atoms with Gasteiger partial charge in [-0.25, -0.2) is 0 Å². The fraction of sp³-hybridized carbons (Fsp3) is 0.750. The molecular weight excluding hydrogens is 231 g/mol. The maximum absolute atomic E-state index is 10.3. The van der Waals surface area contributed by atoms with Crippen molar-refractivity contribution in [2.24, 2.45) is 0 Å². The Morgan fingerprint density at radius 1 is 1.88 bits per heavy atom. The summed E-state index contributed by atoms with van der Waals surface area (Å²) < 4.78 is 5.32. The van der Waals surface area contributed by atoms with Gasteiger partial charge >= 0.3 is 62.0 Å². The summed E-state index contributed by atoms with van der Waals surface area (Å²) in [5, 5.41) is 0. The van der Waals surface area contributed by atoms with Crippen molar-refractivity contribution in [2.45, 2.75) is 10.9 Å². The summed E-state index contributed by atoms with van der Waals surface area (Å²) in [6.45, 7) is 0. The number of methoxy groups -OCH3 is 1. The van der Waals surface area contributed by atoms with Gasteiger partial charge in [0.25, 0.3) is 0 Å². The van der Waals surface area contributed by atoms with Gasteiger partial charge in [0.2, 0.25) is 0 Å². The molecule has 45 valence electrons. The van der Waals surface area contributed by atoms with E-state index in [1.165, 1.54) is 7.11 Å². The Hall–Kier alpha value is 0.489. The molecule has 0 saturated heterocycles. The first-order chi connectivity index (χ1) is 3.81. The fourth-order valence-electron chi connectivity index (χ4n) is 0.255. The van der Waals surface area contributed by atoms with Gasteiger partial charge in [0.15, 0.2) is 0 Å².